The Morgan fingerprint density at radius 2 is 1.79 bits per heavy atom. The number of carbonyl (C=O) groups is 3. The molecule has 6 nitrogen and oxygen atoms in total. The van der Waals surface area contributed by atoms with E-state index >= 15 is 0 Å². The molecule has 0 bridgehead atoms. The number of thiazole rings is 1. The van der Waals surface area contributed by atoms with Crippen LogP contribution >= 0.6 is 11.3 Å². The maximum Gasteiger partial charge on any atom is 0.261 e. The van der Waals surface area contributed by atoms with Crippen molar-refractivity contribution in [1.29, 1.82) is 0 Å². The van der Waals surface area contributed by atoms with Crippen molar-refractivity contribution >= 4 is 34.2 Å². The number of carbonyl (C=O) groups excluding carboxylic acids is 3. The molecule has 1 aromatic heterocycles. The lowest BCUT2D eigenvalue weighted by atomic mass is 10.1. The van der Waals surface area contributed by atoms with Gasteiger partial charge in [0.2, 0.25) is 0 Å². The molecule has 28 heavy (non-hydrogen) atoms. The number of nitrogens with one attached hydrogen (secondary N) is 1. The summed E-state index contributed by atoms with van der Waals surface area (Å²) in [6.07, 6.45) is 0.976. The molecule has 1 N–H and O–H groups in total. The van der Waals surface area contributed by atoms with Gasteiger partial charge >= 0.3 is 0 Å². The lowest BCUT2D eigenvalue weighted by Crippen LogP contribution is -2.24. The zero-order valence-electron chi connectivity index (χ0n) is 15.4. The topological polar surface area (TPSA) is 79.4 Å². The molecule has 1 aliphatic rings. The summed E-state index contributed by atoms with van der Waals surface area (Å²) in [5.41, 5.74) is 3.90. The molecule has 0 radical (unpaired) electrons. The van der Waals surface area contributed by atoms with Crippen LogP contribution in [0.2, 0.25) is 0 Å². The van der Waals surface area contributed by atoms with Crippen LogP contribution in [0.3, 0.4) is 0 Å². The van der Waals surface area contributed by atoms with E-state index in [0.717, 1.165) is 22.6 Å². The molecule has 0 saturated heterocycles. The SMILES string of the molecule is CCc1ccc(-c2csc(NC(=O)c3ccc4c(c3)C(=O)N(C)C4=O)n2)cc1. The van der Waals surface area contributed by atoms with E-state index in [0.29, 0.717) is 16.3 Å². The number of hydrogen-bond donors (Lipinski definition) is 1. The van der Waals surface area contributed by atoms with Crippen molar-refractivity contribution in [3.63, 3.8) is 0 Å². The summed E-state index contributed by atoms with van der Waals surface area (Å²) >= 11 is 1.33. The van der Waals surface area contributed by atoms with Crippen LogP contribution in [-0.2, 0) is 6.42 Å². The van der Waals surface area contributed by atoms with E-state index < -0.39 is 5.91 Å². The molecular weight excluding hydrogens is 374 g/mol. The molecule has 0 saturated carbocycles. The first-order valence-electron chi connectivity index (χ1n) is 8.80. The summed E-state index contributed by atoms with van der Waals surface area (Å²) in [6.45, 7) is 2.10. The summed E-state index contributed by atoms with van der Waals surface area (Å²) in [6, 6.07) is 12.7. The molecule has 3 aromatic rings. The number of nitrogens with zero attached hydrogens (tertiary/aromatic N) is 2. The first kappa shape index (κ1) is 18.1. The zero-order chi connectivity index (χ0) is 19.8. The van der Waals surface area contributed by atoms with Crippen LogP contribution in [0.4, 0.5) is 5.13 Å². The predicted octanol–water partition coefficient (Wildman–Crippen LogP) is 3.85. The Hall–Kier alpha value is -3.32. The second-order valence-corrected chi connectivity index (χ2v) is 7.33. The molecule has 0 aliphatic carbocycles. The summed E-state index contributed by atoms with van der Waals surface area (Å²) in [7, 11) is 1.43. The Kier molecular flexibility index (Phi) is 4.52. The highest BCUT2D eigenvalue weighted by atomic mass is 32.1. The summed E-state index contributed by atoms with van der Waals surface area (Å²) < 4.78 is 0. The van der Waals surface area contributed by atoms with Crippen molar-refractivity contribution in [3.05, 3.63) is 70.1 Å². The third-order valence-corrected chi connectivity index (χ3v) is 5.49. The van der Waals surface area contributed by atoms with Gasteiger partial charge in [-0.25, -0.2) is 4.98 Å². The van der Waals surface area contributed by atoms with Crippen molar-refractivity contribution in [1.82, 2.24) is 9.88 Å². The molecule has 4 rings (SSSR count). The first-order valence-corrected chi connectivity index (χ1v) is 9.68. The normalized spacial score (nSPS) is 13.0. The Balaban J connectivity index is 1.53. The van der Waals surface area contributed by atoms with Crippen molar-refractivity contribution in [3.8, 4) is 11.3 Å². The number of anilines is 1. The highest BCUT2D eigenvalue weighted by Gasteiger charge is 2.33. The van der Waals surface area contributed by atoms with E-state index in [4.69, 9.17) is 0 Å². The Morgan fingerprint density at radius 3 is 2.50 bits per heavy atom. The van der Waals surface area contributed by atoms with Crippen LogP contribution < -0.4 is 5.32 Å². The van der Waals surface area contributed by atoms with E-state index in [1.807, 2.05) is 17.5 Å². The number of rotatable bonds is 4. The van der Waals surface area contributed by atoms with Crippen LogP contribution in [0, 0.1) is 0 Å². The van der Waals surface area contributed by atoms with Gasteiger partial charge in [-0.05, 0) is 30.2 Å². The molecule has 140 valence electrons. The molecule has 2 heterocycles. The number of hydrogen-bond acceptors (Lipinski definition) is 5. The van der Waals surface area contributed by atoms with Gasteiger partial charge in [-0.15, -0.1) is 11.3 Å². The summed E-state index contributed by atoms with van der Waals surface area (Å²) in [5.74, 6) is -1.13. The lowest BCUT2D eigenvalue weighted by molar-refractivity contribution is 0.0693. The van der Waals surface area contributed by atoms with E-state index in [1.165, 1.54) is 42.1 Å². The minimum absolute atomic E-state index is 0.246. The van der Waals surface area contributed by atoms with Crippen LogP contribution in [0.5, 0.6) is 0 Å². The molecule has 0 spiro atoms. The van der Waals surface area contributed by atoms with Gasteiger partial charge in [0, 0.05) is 23.6 Å². The Labute approximate surface area is 165 Å². The van der Waals surface area contributed by atoms with E-state index in [-0.39, 0.29) is 17.4 Å². The van der Waals surface area contributed by atoms with Crippen molar-refractivity contribution < 1.29 is 14.4 Å². The van der Waals surface area contributed by atoms with Gasteiger partial charge in [0.15, 0.2) is 5.13 Å². The smallest absolute Gasteiger partial charge is 0.261 e. The zero-order valence-corrected chi connectivity index (χ0v) is 16.2. The molecule has 0 atom stereocenters. The van der Waals surface area contributed by atoms with Gasteiger partial charge in [-0.1, -0.05) is 31.2 Å². The number of fused-ring (bicyclic) bond motifs is 1. The third-order valence-electron chi connectivity index (χ3n) is 4.73. The van der Waals surface area contributed by atoms with Crippen LogP contribution in [0.25, 0.3) is 11.3 Å². The average Bonchev–Trinajstić information content (AvgIpc) is 3.27. The number of amides is 3. The minimum atomic E-state index is -0.401. The largest absolute Gasteiger partial charge is 0.298 e. The highest BCUT2D eigenvalue weighted by molar-refractivity contribution is 7.14. The quantitative estimate of drug-likeness (QED) is 0.685. The second-order valence-electron chi connectivity index (χ2n) is 6.47. The molecule has 2 aromatic carbocycles. The fourth-order valence-corrected chi connectivity index (χ4v) is 3.76. The second kappa shape index (κ2) is 7.01. The molecule has 3 amide bonds. The monoisotopic (exact) mass is 391 g/mol. The fraction of sp³-hybridized carbons (Fsp3) is 0.143. The van der Waals surface area contributed by atoms with E-state index in [1.54, 1.807) is 0 Å². The van der Waals surface area contributed by atoms with Crippen molar-refractivity contribution in [2.45, 2.75) is 13.3 Å². The summed E-state index contributed by atoms with van der Waals surface area (Å²) in [4.78, 5) is 42.1. The number of aromatic nitrogens is 1. The average molecular weight is 391 g/mol. The summed E-state index contributed by atoms with van der Waals surface area (Å²) in [5, 5.41) is 5.12. The fourth-order valence-electron chi connectivity index (χ4n) is 3.05. The third kappa shape index (κ3) is 3.10. The van der Waals surface area contributed by atoms with Gasteiger partial charge in [-0.2, -0.15) is 0 Å². The molecule has 0 fully saturated rings. The van der Waals surface area contributed by atoms with Gasteiger partial charge in [0.1, 0.15) is 0 Å². The number of aryl methyl sites for hydroxylation is 1. The van der Waals surface area contributed by atoms with E-state index in [9.17, 15) is 14.4 Å². The van der Waals surface area contributed by atoms with E-state index in [2.05, 4.69) is 29.4 Å². The number of imide groups is 1. The maximum absolute atomic E-state index is 12.6. The predicted molar refractivity (Wildman–Crippen MR) is 108 cm³/mol. The number of benzene rings is 2. The van der Waals surface area contributed by atoms with Gasteiger partial charge in [0.25, 0.3) is 17.7 Å². The maximum atomic E-state index is 12.6. The van der Waals surface area contributed by atoms with Gasteiger partial charge in [-0.3, -0.25) is 24.6 Å². The van der Waals surface area contributed by atoms with Crippen LogP contribution in [0.15, 0.2) is 47.8 Å². The first-order chi connectivity index (χ1) is 13.5. The molecule has 0 unspecified atom stereocenters. The van der Waals surface area contributed by atoms with Crippen LogP contribution in [-0.4, -0.2) is 34.7 Å². The molecular formula is C21H17N3O3S. The molecule has 1 aliphatic heterocycles. The minimum Gasteiger partial charge on any atom is -0.298 e. The standard InChI is InChI=1S/C21H17N3O3S/c1-3-12-4-6-13(7-5-12)17-11-28-21(22-17)23-18(25)14-8-9-15-16(10-14)20(27)24(2)19(15)26/h4-11H,3H2,1-2H3,(H,22,23,25). The highest BCUT2D eigenvalue weighted by Crippen LogP contribution is 2.27. The Bertz CT molecular complexity index is 1100. The molecule has 7 heteroatoms. The Morgan fingerprint density at radius 1 is 1.07 bits per heavy atom. The van der Waals surface area contributed by atoms with Crippen molar-refractivity contribution in [2.75, 3.05) is 12.4 Å². The van der Waals surface area contributed by atoms with Gasteiger partial charge < -0.3 is 0 Å². The van der Waals surface area contributed by atoms with Crippen molar-refractivity contribution in [2.24, 2.45) is 0 Å². The van der Waals surface area contributed by atoms with Gasteiger partial charge in [0.05, 0.1) is 16.8 Å². The van der Waals surface area contributed by atoms with Crippen LogP contribution in [0.1, 0.15) is 43.6 Å². The lowest BCUT2D eigenvalue weighted by Gasteiger charge is -2.03.